The lowest BCUT2D eigenvalue weighted by molar-refractivity contribution is -0.384. The average Bonchev–Trinajstić information content (AvgIpc) is 2.44. The van der Waals surface area contributed by atoms with Crippen molar-refractivity contribution in [2.45, 2.75) is 31.6 Å². The number of sulfonamides is 1. The van der Waals surface area contributed by atoms with Crippen molar-refractivity contribution in [1.82, 2.24) is 4.31 Å². The molecule has 2 fully saturated rings. The van der Waals surface area contributed by atoms with Gasteiger partial charge in [-0.2, -0.15) is 4.31 Å². The summed E-state index contributed by atoms with van der Waals surface area (Å²) in [6.45, 7) is 6.55. The SMILES string of the molecule is C[C@@H]1C[C@H](C)CN(S(=O)(=O)c2ccc(N3CCC3)c([N+](=O)[O-])c2)C1. The number of nitro benzene ring substituents is 1. The fourth-order valence-electron chi connectivity index (χ4n) is 3.59. The summed E-state index contributed by atoms with van der Waals surface area (Å²) in [5.41, 5.74) is 0.375. The molecule has 2 saturated heterocycles. The summed E-state index contributed by atoms with van der Waals surface area (Å²) in [5, 5.41) is 11.4. The number of benzene rings is 1. The van der Waals surface area contributed by atoms with E-state index in [4.69, 9.17) is 0 Å². The van der Waals surface area contributed by atoms with E-state index in [1.807, 2.05) is 18.7 Å². The molecule has 3 rings (SSSR count). The Morgan fingerprint density at radius 2 is 1.79 bits per heavy atom. The molecular formula is C16H23N3O4S. The van der Waals surface area contributed by atoms with Gasteiger partial charge in [0, 0.05) is 32.2 Å². The second-order valence-corrected chi connectivity index (χ2v) is 8.95. The summed E-state index contributed by atoms with van der Waals surface area (Å²) >= 11 is 0. The maximum Gasteiger partial charge on any atom is 0.293 e. The van der Waals surface area contributed by atoms with Gasteiger partial charge in [-0.3, -0.25) is 10.1 Å². The van der Waals surface area contributed by atoms with E-state index in [0.29, 0.717) is 30.6 Å². The van der Waals surface area contributed by atoms with Gasteiger partial charge in [-0.1, -0.05) is 13.8 Å². The average molecular weight is 353 g/mol. The molecule has 1 aromatic carbocycles. The zero-order chi connectivity index (χ0) is 17.5. The van der Waals surface area contributed by atoms with Gasteiger partial charge in [0.25, 0.3) is 5.69 Å². The molecular weight excluding hydrogens is 330 g/mol. The van der Waals surface area contributed by atoms with Crippen molar-refractivity contribution in [2.24, 2.45) is 11.8 Å². The first kappa shape index (κ1) is 17.2. The third-order valence-electron chi connectivity index (χ3n) is 4.81. The quantitative estimate of drug-likeness (QED) is 0.613. The van der Waals surface area contributed by atoms with Crippen LogP contribution < -0.4 is 4.90 Å². The highest BCUT2D eigenvalue weighted by atomic mass is 32.2. The summed E-state index contributed by atoms with van der Waals surface area (Å²) < 4.78 is 27.3. The molecule has 0 aliphatic carbocycles. The predicted octanol–water partition coefficient (Wildman–Crippen LogP) is 2.47. The van der Waals surface area contributed by atoms with E-state index in [0.717, 1.165) is 25.9 Å². The van der Waals surface area contributed by atoms with Crippen LogP contribution in [0.2, 0.25) is 0 Å². The lowest BCUT2D eigenvalue weighted by Gasteiger charge is -2.34. The first-order valence-electron chi connectivity index (χ1n) is 8.32. The van der Waals surface area contributed by atoms with Gasteiger partial charge in [0.2, 0.25) is 10.0 Å². The minimum atomic E-state index is -3.70. The van der Waals surface area contributed by atoms with Crippen LogP contribution in [0.4, 0.5) is 11.4 Å². The number of piperidine rings is 1. The van der Waals surface area contributed by atoms with Gasteiger partial charge in [0.1, 0.15) is 5.69 Å². The zero-order valence-electron chi connectivity index (χ0n) is 14.0. The Hall–Kier alpha value is -1.67. The molecule has 2 aliphatic heterocycles. The van der Waals surface area contributed by atoms with Crippen LogP contribution in [0.15, 0.2) is 23.1 Å². The highest BCUT2D eigenvalue weighted by molar-refractivity contribution is 7.89. The molecule has 0 spiro atoms. The number of hydrogen-bond acceptors (Lipinski definition) is 5. The third-order valence-corrected chi connectivity index (χ3v) is 6.64. The highest BCUT2D eigenvalue weighted by Gasteiger charge is 2.33. The predicted molar refractivity (Wildman–Crippen MR) is 91.6 cm³/mol. The molecule has 1 aromatic rings. The van der Waals surface area contributed by atoms with Crippen molar-refractivity contribution in [1.29, 1.82) is 0 Å². The van der Waals surface area contributed by atoms with Gasteiger partial charge in [0.05, 0.1) is 9.82 Å². The number of nitro groups is 1. The van der Waals surface area contributed by atoms with Crippen LogP contribution >= 0.6 is 0 Å². The van der Waals surface area contributed by atoms with Crippen LogP contribution in [0.25, 0.3) is 0 Å². The molecule has 0 bridgehead atoms. The maximum atomic E-state index is 12.9. The fraction of sp³-hybridized carbons (Fsp3) is 0.625. The smallest absolute Gasteiger partial charge is 0.293 e. The molecule has 2 atom stereocenters. The van der Waals surface area contributed by atoms with Gasteiger partial charge >= 0.3 is 0 Å². The number of anilines is 1. The largest absolute Gasteiger partial charge is 0.366 e. The Balaban J connectivity index is 1.95. The Morgan fingerprint density at radius 3 is 2.29 bits per heavy atom. The Morgan fingerprint density at radius 1 is 1.17 bits per heavy atom. The summed E-state index contributed by atoms with van der Waals surface area (Å²) in [4.78, 5) is 12.8. The minimum Gasteiger partial charge on any atom is -0.366 e. The lowest BCUT2D eigenvalue weighted by Crippen LogP contribution is -2.42. The Kier molecular flexibility index (Phi) is 4.52. The van der Waals surface area contributed by atoms with Crippen molar-refractivity contribution in [3.8, 4) is 0 Å². The Labute approximate surface area is 142 Å². The molecule has 2 heterocycles. The first-order valence-corrected chi connectivity index (χ1v) is 9.76. The van der Waals surface area contributed by atoms with Crippen molar-refractivity contribution in [2.75, 3.05) is 31.1 Å². The molecule has 0 N–H and O–H groups in total. The standard InChI is InChI=1S/C16H23N3O4S/c1-12-8-13(2)11-18(10-12)24(22,23)14-4-5-15(17-6-3-7-17)16(9-14)19(20)21/h4-5,9,12-13H,3,6-8,10-11H2,1-2H3/t12-,13+. The van der Waals surface area contributed by atoms with Gasteiger partial charge in [-0.05, 0) is 36.8 Å². The van der Waals surface area contributed by atoms with Crippen LogP contribution in [0, 0.1) is 22.0 Å². The second kappa shape index (κ2) is 6.33. The molecule has 7 nitrogen and oxygen atoms in total. The zero-order valence-corrected chi connectivity index (χ0v) is 14.8. The van der Waals surface area contributed by atoms with Crippen LogP contribution in [0.5, 0.6) is 0 Å². The summed E-state index contributed by atoms with van der Waals surface area (Å²) in [6, 6.07) is 4.29. The second-order valence-electron chi connectivity index (χ2n) is 7.02. The fourth-order valence-corrected chi connectivity index (χ4v) is 5.29. The minimum absolute atomic E-state index is 0.0137. The highest BCUT2D eigenvalue weighted by Crippen LogP contribution is 2.35. The van der Waals surface area contributed by atoms with Gasteiger partial charge in [-0.15, -0.1) is 0 Å². The van der Waals surface area contributed by atoms with Crippen molar-refractivity contribution in [3.63, 3.8) is 0 Å². The van der Waals surface area contributed by atoms with Gasteiger partial charge < -0.3 is 4.90 Å². The van der Waals surface area contributed by atoms with Crippen LogP contribution in [-0.2, 0) is 10.0 Å². The molecule has 0 aromatic heterocycles. The number of rotatable bonds is 4. The van der Waals surface area contributed by atoms with Gasteiger partial charge in [-0.25, -0.2) is 8.42 Å². The van der Waals surface area contributed by atoms with Crippen LogP contribution in [0.3, 0.4) is 0 Å². The molecule has 0 unspecified atom stereocenters. The maximum absolute atomic E-state index is 12.9. The van der Waals surface area contributed by atoms with E-state index in [2.05, 4.69) is 0 Å². The monoisotopic (exact) mass is 353 g/mol. The van der Waals surface area contributed by atoms with E-state index in [1.165, 1.54) is 16.4 Å². The summed E-state index contributed by atoms with van der Waals surface area (Å²) in [5.74, 6) is 0.581. The van der Waals surface area contributed by atoms with Crippen LogP contribution in [-0.4, -0.2) is 43.8 Å². The van der Waals surface area contributed by atoms with Crippen LogP contribution in [0.1, 0.15) is 26.7 Å². The van der Waals surface area contributed by atoms with Crippen molar-refractivity contribution < 1.29 is 13.3 Å². The third kappa shape index (κ3) is 3.12. The molecule has 24 heavy (non-hydrogen) atoms. The van der Waals surface area contributed by atoms with E-state index in [-0.39, 0.29) is 10.6 Å². The molecule has 0 saturated carbocycles. The number of nitrogens with zero attached hydrogens (tertiary/aromatic N) is 3. The summed E-state index contributed by atoms with van der Waals surface area (Å²) in [6.07, 6.45) is 2.00. The Bertz CT molecular complexity index is 736. The van der Waals surface area contributed by atoms with Gasteiger partial charge in [0.15, 0.2) is 0 Å². The molecule has 8 heteroatoms. The molecule has 2 aliphatic rings. The normalized spacial score (nSPS) is 25.3. The van der Waals surface area contributed by atoms with E-state index in [1.54, 1.807) is 6.07 Å². The lowest BCUT2D eigenvalue weighted by atomic mass is 9.94. The first-order chi connectivity index (χ1) is 11.3. The molecule has 0 amide bonds. The molecule has 0 radical (unpaired) electrons. The molecule has 132 valence electrons. The van der Waals surface area contributed by atoms with Crippen molar-refractivity contribution in [3.05, 3.63) is 28.3 Å². The topological polar surface area (TPSA) is 83.8 Å². The summed E-state index contributed by atoms with van der Waals surface area (Å²) in [7, 11) is -3.70. The number of hydrogen-bond donors (Lipinski definition) is 0. The van der Waals surface area contributed by atoms with E-state index >= 15 is 0 Å². The van der Waals surface area contributed by atoms with E-state index < -0.39 is 14.9 Å². The van der Waals surface area contributed by atoms with Crippen molar-refractivity contribution >= 4 is 21.4 Å². The van der Waals surface area contributed by atoms with E-state index in [9.17, 15) is 18.5 Å².